The third-order valence-electron chi connectivity index (χ3n) is 4.10. The molecule has 1 aliphatic rings. The molecule has 1 atom stereocenters. The average molecular weight is 335 g/mol. The van der Waals surface area contributed by atoms with Gasteiger partial charge in [0.15, 0.2) is 0 Å². The summed E-state index contributed by atoms with van der Waals surface area (Å²) < 4.78 is 34.6. The number of aromatic nitrogens is 2. The molecule has 0 unspecified atom stereocenters. The van der Waals surface area contributed by atoms with Crippen LogP contribution in [0.25, 0.3) is 0 Å². The van der Waals surface area contributed by atoms with Crippen LogP contribution in [0, 0.1) is 12.8 Å². The van der Waals surface area contributed by atoms with Crippen LogP contribution in [0.4, 0.5) is 0 Å². The van der Waals surface area contributed by atoms with E-state index in [1.807, 2.05) is 29.8 Å². The number of fused-ring (bicyclic) bond motifs is 1. The van der Waals surface area contributed by atoms with E-state index in [9.17, 15) is 8.42 Å². The van der Waals surface area contributed by atoms with E-state index in [1.165, 1.54) is 4.31 Å². The molecule has 0 fully saturated rings. The van der Waals surface area contributed by atoms with Gasteiger partial charge in [-0.05, 0) is 25.1 Å². The van der Waals surface area contributed by atoms with E-state index in [-0.39, 0.29) is 5.92 Å². The Bertz CT molecular complexity index is 768. The summed E-state index contributed by atoms with van der Waals surface area (Å²) in [6.07, 6.45) is 1.71. The van der Waals surface area contributed by atoms with Crippen LogP contribution in [-0.4, -0.2) is 42.8 Å². The molecule has 0 N–H and O–H groups in total. The molecule has 1 aliphatic heterocycles. The van der Waals surface area contributed by atoms with Crippen LogP contribution in [0.5, 0.6) is 0 Å². The monoisotopic (exact) mass is 335 g/mol. The molecule has 1 aromatic heterocycles. The number of sulfonamides is 1. The Balaban J connectivity index is 1.95. The van der Waals surface area contributed by atoms with Gasteiger partial charge in [-0.15, -0.1) is 0 Å². The van der Waals surface area contributed by atoms with E-state index < -0.39 is 10.0 Å². The standard InChI is InChI=1S/C16H21N3O3S/c1-13-3-5-16(6-4-13)23(20,21)18-9-14(12-22-2)10-19-15(11-18)7-8-17-19/h3-8,14H,9-12H2,1-2H3/t14-/m0/s1. The van der Waals surface area contributed by atoms with Crippen molar-refractivity contribution in [3.8, 4) is 0 Å². The Morgan fingerprint density at radius 2 is 1.96 bits per heavy atom. The van der Waals surface area contributed by atoms with E-state index in [4.69, 9.17) is 4.74 Å². The average Bonchev–Trinajstić information content (AvgIpc) is 2.86. The molecular weight excluding hydrogens is 314 g/mol. The fraction of sp³-hybridized carbons (Fsp3) is 0.438. The van der Waals surface area contributed by atoms with Gasteiger partial charge in [0.05, 0.1) is 23.7 Å². The maximum Gasteiger partial charge on any atom is 0.243 e. The summed E-state index contributed by atoms with van der Waals surface area (Å²) in [4.78, 5) is 0.326. The van der Waals surface area contributed by atoms with E-state index in [1.54, 1.807) is 25.4 Å². The minimum absolute atomic E-state index is 0.0707. The fourth-order valence-electron chi connectivity index (χ4n) is 2.88. The first-order chi connectivity index (χ1) is 11.0. The summed E-state index contributed by atoms with van der Waals surface area (Å²) in [5.74, 6) is 0.0707. The topological polar surface area (TPSA) is 64.4 Å². The number of methoxy groups -OCH3 is 1. The van der Waals surface area contributed by atoms with Gasteiger partial charge < -0.3 is 4.74 Å². The summed E-state index contributed by atoms with van der Waals surface area (Å²) in [7, 11) is -1.90. The smallest absolute Gasteiger partial charge is 0.243 e. The predicted octanol–water partition coefficient (Wildman–Crippen LogP) is 1.66. The van der Waals surface area contributed by atoms with Crippen molar-refractivity contribution < 1.29 is 13.2 Å². The molecule has 0 bridgehead atoms. The number of rotatable bonds is 4. The van der Waals surface area contributed by atoms with E-state index >= 15 is 0 Å². The van der Waals surface area contributed by atoms with Crippen molar-refractivity contribution in [1.82, 2.24) is 14.1 Å². The van der Waals surface area contributed by atoms with Gasteiger partial charge in [-0.25, -0.2) is 8.42 Å². The maximum atomic E-state index is 13.0. The molecule has 3 rings (SSSR count). The highest BCUT2D eigenvalue weighted by Gasteiger charge is 2.31. The van der Waals surface area contributed by atoms with Gasteiger partial charge >= 0.3 is 0 Å². The summed E-state index contributed by atoms with van der Waals surface area (Å²) in [5, 5.41) is 4.29. The van der Waals surface area contributed by atoms with E-state index in [0.29, 0.717) is 31.1 Å². The lowest BCUT2D eigenvalue weighted by molar-refractivity contribution is 0.133. The molecule has 7 heteroatoms. The Kier molecular flexibility index (Phi) is 4.52. The molecule has 0 radical (unpaired) electrons. The second kappa shape index (κ2) is 6.43. The lowest BCUT2D eigenvalue weighted by atomic mass is 10.1. The zero-order valence-corrected chi connectivity index (χ0v) is 14.2. The van der Waals surface area contributed by atoms with Gasteiger partial charge in [-0.2, -0.15) is 9.40 Å². The van der Waals surface area contributed by atoms with Crippen molar-refractivity contribution in [1.29, 1.82) is 0 Å². The Hall–Kier alpha value is -1.70. The summed E-state index contributed by atoms with van der Waals surface area (Å²) >= 11 is 0. The van der Waals surface area contributed by atoms with Gasteiger partial charge in [0.25, 0.3) is 0 Å². The number of hydrogen-bond donors (Lipinski definition) is 0. The zero-order valence-electron chi connectivity index (χ0n) is 13.3. The molecule has 23 heavy (non-hydrogen) atoms. The van der Waals surface area contributed by atoms with Crippen LogP contribution < -0.4 is 0 Å². The zero-order chi connectivity index (χ0) is 16.4. The number of hydrogen-bond acceptors (Lipinski definition) is 4. The number of ether oxygens (including phenoxy) is 1. The molecule has 0 aliphatic carbocycles. The quantitative estimate of drug-likeness (QED) is 0.852. The third kappa shape index (κ3) is 3.31. The first kappa shape index (κ1) is 16.2. The van der Waals surface area contributed by atoms with Crippen molar-refractivity contribution in [2.24, 2.45) is 5.92 Å². The highest BCUT2D eigenvalue weighted by Crippen LogP contribution is 2.23. The maximum absolute atomic E-state index is 13.0. The van der Waals surface area contributed by atoms with E-state index in [2.05, 4.69) is 5.10 Å². The minimum Gasteiger partial charge on any atom is -0.384 e. The van der Waals surface area contributed by atoms with Crippen molar-refractivity contribution in [2.75, 3.05) is 20.3 Å². The van der Waals surface area contributed by atoms with Crippen molar-refractivity contribution in [3.05, 3.63) is 47.8 Å². The molecular formula is C16H21N3O3S. The highest BCUT2D eigenvalue weighted by atomic mass is 32.2. The summed E-state index contributed by atoms with van der Waals surface area (Å²) in [6, 6.07) is 8.84. The van der Waals surface area contributed by atoms with Gasteiger partial charge in [0.1, 0.15) is 0 Å². The molecule has 0 amide bonds. The number of nitrogens with zero attached hydrogens (tertiary/aromatic N) is 3. The fourth-order valence-corrected chi connectivity index (χ4v) is 4.37. The van der Waals surface area contributed by atoms with Crippen molar-refractivity contribution >= 4 is 10.0 Å². The second-order valence-electron chi connectivity index (χ2n) is 5.94. The first-order valence-electron chi connectivity index (χ1n) is 7.57. The minimum atomic E-state index is -3.54. The first-order valence-corrected chi connectivity index (χ1v) is 9.01. The van der Waals surface area contributed by atoms with Crippen LogP contribution in [0.3, 0.4) is 0 Å². The molecule has 2 heterocycles. The lowest BCUT2D eigenvalue weighted by Crippen LogP contribution is -2.35. The molecule has 1 aromatic carbocycles. The normalized spacial score (nSPS) is 19.3. The number of aryl methyl sites for hydroxylation is 1. The van der Waals surface area contributed by atoms with Crippen LogP contribution in [0.1, 0.15) is 11.3 Å². The highest BCUT2D eigenvalue weighted by molar-refractivity contribution is 7.89. The van der Waals surface area contributed by atoms with E-state index in [0.717, 1.165) is 11.3 Å². The molecule has 0 spiro atoms. The Labute approximate surface area is 136 Å². The molecule has 2 aromatic rings. The molecule has 124 valence electrons. The van der Waals surface area contributed by atoms with Gasteiger partial charge in [-0.1, -0.05) is 17.7 Å². The number of benzene rings is 1. The Morgan fingerprint density at radius 3 is 2.65 bits per heavy atom. The van der Waals surface area contributed by atoms with Crippen molar-refractivity contribution in [3.63, 3.8) is 0 Å². The second-order valence-corrected chi connectivity index (χ2v) is 7.87. The summed E-state index contributed by atoms with van der Waals surface area (Å²) in [5.41, 5.74) is 1.94. The Morgan fingerprint density at radius 1 is 1.22 bits per heavy atom. The van der Waals surface area contributed by atoms with Crippen LogP contribution in [0.2, 0.25) is 0 Å². The van der Waals surface area contributed by atoms with Crippen molar-refractivity contribution in [2.45, 2.75) is 24.9 Å². The summed E-state index contributed by atoms with van der Waals surface area (Å²) in [6.45, 7) is 3.86. The molecule has 0 saturated carbocycles. The molecule has 0 saturated heterocycles. The van der Waals surface area contributed by atoms with Gasteiger partial charge in [0.2, 0.25) is 10.0 Å². The predicted molar refractivity (Wildman–Crippen MR) is 86.4 cm³/mol. The third-order valence-corrected chi connectivity index (χ3v) is 5.92. The lowest BCUT2D eigenvalue weighted by Gasteiger charge is -2.23. The van der Waals surface area contributed by atoms with Crippen LogP contribution >= 0.6 is 0 Å². The van der Waals surface area contributed by atoms with Gasteiger partial charge in [0, 0.05) is 32.3 Å². The SMILES string of the molecule is COC[C@H]1CN(S(=O)(=O)c2ccc(C)cc2)Cc2ccnn2C1. The molecule has 6 nitrogen and oxygen atoms in total. The van der Waals surface area contributed by atoms with Crippen LogP contribution in [0.15, 0.2) is 41.4 Å². The van der Waals surface area contributed by atoms with Crippen LogP contribution in [-0.2, 0) is 27.8 Å². The largest absolute Gasteiger partial charge is 0.384 e. The van der Waals surface area contributed by atoms with Gasteiger partial charge in [-0.3, -0.25) is 4.68 Å².